The topological polar surface area (TPSA) is 157 Å². The van der Waals surface area contributed by atoms with Crippen LogP contribution in [0.1, 0.15) is 34.8 Å². The highest BCUT2D eigenvalue weighted by Crippen LogP contribution is 2.22. The summed E-state index contributed by atoms with van der Waals surface area (Å²) in [5, 5.41) is 7.31. The van der Waals surface area contributed by atoms with Gasteiger partial charge in [0.25, 0.3) is 0 Å². The van der Waals surface area contributed by atoms with Crippen LogP contribution in [0.25, 0.3) is 22.6 Å². The fraction of sp³-hybridized carbons (Fsp3) is 0.167. The second-order valence-corrected chi connectivity index (χ2v) is 6.84. The fourth-order valence-electron chi connectivity index (χ4n) is 2.72. The zero-order valence-electron chi connectivity index (χ0n) is 18.7. The summed E-state index contributed by atoms with van der Waals surface area (Å²) < 4.78 is 19.8. The van der Waals surface area contributed by atoms with Gasteiger partial charge in [0.05, 0.1) is 13.2 Å². The fourth-order valence-corrected chi connectivity index (χ4v) is 2.72. The Bertz CT molecular complexity index is 1130. The SMILES string of the molecule is CCOC(=O)c1cc(-c2ccc(N)cc2)on1.CCOC(=O)c1cc(-c2ccc(N)cc2)on1. The van der Waals surface area contributed by atoms with Gasteiger partial charge < -0.3 is 30.0 Å². The van der Waals surface area contributed by atoms with Gasteiger partial charge in [-0.05, 0) is 62.4 Å². The van der Waals surface area contributed by atoms with Crippen molar-refractivity contribution in [3.8, 4) is 22.6 Å². The van der Waals surface area contributed by atoms with Crippen LogP contribution in [0.15, 0.2) is 69.7 Å². The third kappa shape index (κ3) is 6.22. The van der Waals surface area contributed by atoms with Gasteiger partial charge in [-0.15, -0.1) is 0 Å². The molecular weight excluding hydrogens is 440 g/mol. The van der Waals surface area contributed by atoms with E-state index in [9.17, 15) is 9.59 Å². The van der Waals surface area contributed by atoms with Crippen LogP contribution < -0.4 is 11.5 Å². The van der Waals surface area contributed by atoms with Gasteiger partial charge in [0.2, 0.25) is 0 Å². The van der Waals surface area contributed by atoms with Crippen LogP contribution in [0, 0.1) is 0 Å². The number of carbonyl (C=O) groups is 2. The maximum atomic E-state index is 11.4. The zero-order valence-corrected chi connectivity index (χ0v) is 18.7. The third-order valence-corrected chi connectivity index (χ3v) is 4.38. The van der Waals surface area contributed by atoms with Gasteiger partial charge in [0, 0.05) is 34.6 Å². The molecule has 0 unspecified atom stereocenters. The van der Waals surface area contributed by atoms with Crippen molar-refractivity contribution in [2.45, 2.75) is 13.8 Å². The molecule has 0 aliphatic rings. The Morgan fingerprint density at radius 3 is 1.38 bits per heavy atom. The second kappa shape index (κ2) is 11.3. The highest BCUT2D eigenvalue weighted by molar-refractivity contribution is 5.88. The number of nitrogens with two attached hydrogens (primary N) is 2. The van der Waals surface area contributed by atoms with E-state index in [1.54, 1.807) is 74.5 Å². The van der Waals surface area contributed by atoms with Crippen LogP contribution in [-0.2, 0) is 9.47 Å². The lowest BCUT2D eigenvalue weighted by atomic mass is 10.1. The molecule has 10 heteroatoms. The van der Waals surface area contributed by atoms with Crippen LogP contribution in [0.3, 0.4) is 0 Å². The summed E-state index contributed by atoms with van der Waals surface area (Å²) in [7, 11) is 0. The molecule has 0 spiro atoms. The molecule has 0 radical (unpaired) electrons. The van der Waals surface area contributed by atoms with Gasteiger partial charge in [-0.2, -0.15) is 0 Å². The van der Waals surface area contributed by atoms with Crippen LogP contribution in [0.2, 0.25) is 0 Å². The van der Waals surface area contributed by atoms with Crippen molar-refractivity contribution in [2.24, 2.45) is 0 Å². The molecule has 176 valence electrons. The standard InChI is InChI=1S/2C12H12N2O3/c2*1-2-16-12(15)10-7-11(17-14-10)8-3-5-9(13)6-4-8/h2*3-7H,2,13H2,1H3. The monoisotopic (exact) mass is 464 g/mol. The zero-order chi connectivity index (χ0) is 24.5. The number of rotatable bonds is 6. The number of aromatic nitrogens is 2. The number of ether oxygens (including phenoxy) is 2. The summed E-state index contributed by atoms with van der Waals surface area (Å²) in [5.74, 6) is 0.0389. The molecule has 4 rings (SSSR count). The smallest absolute Gasteiger partial charge is 0.360 e. The summed E-state index contributed by atoms with van der Waals surface area (Å²) >= 11 is 0. The van der Waals surface area contributed by atoms with Crippen LogP contribution in [0.4, 0.5) is 11.4 Å². The Balaban J connectivity index is 0.000000191. The van der Waals surface area contributed by atoms with E-state index in [1.807, 2.05) is 0 Å². The molecule has 0 bridgehead atoms. The van der Waals surface area contributed by atoms with E-state index in [2.05, 4.69) is 10.3 Å². The first-order valence-corrected chi connectivity index (χ1v) is 10.4. The van der Waals surface area contributed by atoms with Gasteiger partial charge in [-0.1, -0.05) is 10.3 Å². The second-order valence-electron chi connectivity index (χ2n) is 6.84. The lowest BCUT2D eigenvalue weighted by molar-refractivity contribution is 0.0505. The molecule has 2 heterocycles. The molecule has 2 aromatic carbocycles. The highest BCUT2D eigenvalue weighted by Gasteiger charge is 2.15. The Kier molecular flexibility index (Phi) is 8.01. The van der Waals surface area contributed by atoms with E-state index < -0.39 is 11.9 Å². The molecule has 4 N–H and O–H groups in total. The van der Waals surface area contributed by atoms with E-state index >= 15 is 0 Å². The number of nitrogen functional groups attached to an aromatic ring is 2. The first-order chi connectivity index (χ1) is 16.4. The van der Waals surface area contributed by atoms with Crippen molar-refractivity contribution in [3.05, 3.63) is 72.1 Å². The van der Waals surface area contributed by atoms with Crippen molar-refractivity contribution < 1.29 is 28.1 Å². The number of hydrogen-bond acceptors (Lipinski definition) is 10. The molecule has 4 aromatic rings. The minimum absolute atomic E-state index is 0.165. The number of benzene rings is 2. The average molecular weight is 464 g/mol. The summed E-state index contributed by atoms with van der Waals surface area (Å²) in [4.78, 5) is 22.8. The molecule has 0 aliphatic heterocycles. The largest absolute Gasteiger partial charge is 0.461 e. The van der Waals surface area contributed by atoms with Crippen molar-refractivity contribution in [1.29, 1.82) is 0 Å². The quantitative estimate of drug-likeness (QED) is 0.313. The first-order valence-electron chi connectivity index (χ1n) is 10.4. The van der Waals surface area contributed by atoms with E-state index in [-0.39, 0.29) is 11.4 Å². The average Bonchev–Trinajstić information content (AvgIpc) is 3.52. The predicted molar refractivity (Wildman–Crippen MR) is 125 cm³/mol. The van der Waals surface area contributed by atoms with Gasteiger partial charge in [0.15, 0.2) is 22.9 Å². The molecule has 34 heavy (non-hydrogen) atoms. The first kappa shape index (κ1) is 24.1. The molecule has 2 aromatic heterocycles. The molecule has 10 nitrogen and oxygen atoms in total. The van der Waals surface area contributed by atoms with Gasteiger partial charge in [-0.25, -0.2) is 9.59 Å². The molecule has 0 saturated carbocycles. The maximum Gasteiger partial charge on any atom is 0.360 e. The maximum absolute atomic E-state index is 11.4. The highest BCUT2D eigenvalue weighted by atomic mass is 16.5. The van der Waals surface area contributed by atoms with E-state index in [0.29, 0.717) is 36.1 Å². The number of nitrogens with zero attached hydrogens (tertiary/aromatic N) is 2. The third-order valence-electron chi connectivity index (χ3n) is 4.38. The molecule has 0 fully saturated rings. The minimum atomic E-state index is -0.488. The van der Waals surface area contributed by atoms with Gasteiger partial charge in [0.1, 0.15) is 0 Å². The summed E-state index contributed by atoms with van der Waals surface area (Å²) in [6, 6.07) is 17.3. The number of hydrogen-bond donors (Lipinski definition) is 2. The predicted octanol–water partition coefficient (Wildman–Crippen LogP) is 4.20. The van der Waals surface area contributed by atoms with Crippen molar-refractivity contribution in [3.63, 3.8) is 0 Å². The lowest BCUT2D eigenvalue weighted by Gasteiger charge is -1.95. The molecular formula is C24H24N4O6. The Hall–Kier alpha value is -4.60. The molecule has 0 aliphatic carbocycles. The lowest BCUT2D eigenvalue weighted by Crippen LogP contribution is -2.04. The summed E-state index contributed by atoms with van der Waals surface area (Å²) in [6.07, 6.45) is 0. The molecule has 0 amide bonds. The van der Waals surface area contributed by atoms with Crippen molar-refractivity contribution in [2.75, 3.05) is 24.7 Å². The summed E-state index contributed by atoms with van der Waals surface area (Å²) in [6.45, 7) is 4.09. The normalized spacial score (nSPS) is 10.2. The van der Waals surface area contributed by atoms with Crippen LogP contribution in [0.5, 0.6) is 0 Å². The number of anilines is 2. The van der Waals surface area contributed by atoms with Crippen LogP contribution in [-0.4, -0.2) is 35.5 Å². The number of carbonyl (C=O) groups excluding carboxylic acids is 2. The molecule has 0 saturated heterocycles. The Morgan fingerprint density at radius 1 is 0.706 bits per heavy atom. The van der Waals surface area contributed by atoms with Gasteiger partial charge in [-0.3, -0.25) is 0 Å². The van der Waals surface area contributed by atoms with E-state index in [1.165, 1.54) is 0 Å². The van der Waals surface area contributed by atoms with Crippen LogP contribution >= 0.6 is 0 Å². The van der Waals surface area contributed by atoms with E-state index in [4.69, 9.17) is 30.0 Å². The Morgan fingerprint density at radius 2 is 1.06 bits per heavy atom. The summed E-state index contributed by atoms with van der Waals surface area (Å²) in [5.41, 5.74) is 14.4. The van der Waals surface area contributed by atoms with E-state index in [0.717, 1.165) is 11.1 Å². The molecule has 0 atom stereocenters. The Labute approximate surface area is 195 Å². The number of esters is 2. The van der Waals surface area contributed by atoms with Gasteiger partial charge >= 0.3 is 11.9 Å². The van der Waals surface area contributed by atoms with Crippen molar-refractivity contribution >= 4 is 23.3 Å². The minimum Gasteiger partial charge on any atom is -0.461 e. The van der Waals surface area contributed by atoms with Crippen molar-refractivity contribution in [1.82, 2.24) is 10.3 Å².